The number of aromatic nitrogens is 3. The van der Waals surface area contributed by atoms with Gasteiger partial charge in [0.15, 0.2) is 5.82 Å². The quantitative estimate of drug-likeness (QED) is 0.177. The van der Waals surface area contributed by atoms with Gasteiger partial charge in [-0.15, -0.1) is 0 Å². The van der Waals surface area contributed by atoms with Crippen molar-refractivity contribution in [2.75, 3.05) is 39.4 Å². The average Bonchev–Trinajstić information content (AvgIpc) is 3.21. The molecule has 32 heavy (non-hydrogen) atoms. The number of aliphatic hydroxyl groups excluding tert-OH is 2. The van der Waals surface area contributed by atoms with Crippen LogP contribution in [0.15, 0.2) is 18.5 Å². The third-order valence-electron chi connectivity index (χ3n) is 5.20. The molecule has 0 radical (unpaired) electrons. The number of nitrogens with two attached hydrogens (primary N) is 1. The van der Waals surface area contributed by atoms with Crippen LogP contribution in [0.2, 0.25) is 0 Å². The van der Waals surface area contributed by atoms with Crippen LogP contribution in [-0.2, 0) is 23.7 Å². The Bertz CT molecular complexity index is 975. The third-order valence-corrected chi connectivity index (χ3v) is 5.20. The summed E-state index contributed by atoms with van der Waals surface area (Å²) in [6.45, 7) is 1.82. The van der Waals surface area contributed by atoms with Crippen LogP contribution in [0.5, 0.6) is 0 Å². The van der Waals surface area contributed by atoms with Crippen LogP contribution < -0.4 is 11.1 Å². The Morgan fingerprint density at radius 2 is 2.25 bits per heavy atom. The number of nitrogen functional groups attached to an aromatic ring is 1. The second-order valence-corrected chi connectivity index (χ2v) is 7.31. The minimum absolute atomic E-state index is 0.134. The average molecular weight is 450 g/mol. The maximum Gasteiger partial charge on any atom is 0.323 e. The van der Waals surface area contributed by atoms with Crippen molar-refractivity contribution in [1.29, 1.82) is 5.26 Å². The van der Waals surface area contributed by atoms with E-state index in [-0.39, 0.29) is 24.3 Å². The van der Waals surface area contributed by atoms with Crippen LogP contribution >= 0.6 is 0 Å². The predicted molar refractivity (Wildman–Crippen MR) is 108 cm³/mol. The summed E-state index contributed by atoms with van der Waals surface area (Å²) in [4.78, 5) is 15.8. The Balaban J connectivity index is 1.60. The highest BCUT2D eigenvalue weighted by molar-refractivity contribution is 5.75. The number of fused-ring (bicyclic) bond motifs is 1. The number of esters is 1. The minimum Gasteiger partial charge on any atom is -0.456 e. The van der Waals surface area contributed by atoms with E-state index in [1.165, 1.54) is 24.0 Å². The van der Waals surface area contributed by atoms with Gasteiger partial charge in [0, 0.05) is 7.11 Å². The van der Waals surface area contributed by atoms with E-state index in [0.29, 0.717) is 18.7 Å². The van der Waals surface area contributed by atoms with Crippen molar-refractivity contribution in [2.45, 2.75) is 36.9 Å². The summed E-state index contributed by atoms with van der Waals surface area (Å²) in [5.74, 6) is -0.268. The normalized spacial score (nSPS) is 18.8. The Morgan fingerprint density at radius 1 is 1.50 bits per heavy atom. The van der Waals surface area contributed by atoms with Gasteiger partial charge in [-0.05, 0) is 19.1 Å². The van der Waals surface area contributed by atoms with Gasteiger partial charge >= 0.3 is 5.97 Å². The molecule has 0 aliphatic carbocycles. The SMILES string of the molecule is COC(C#N)(COCN[C@@H](C)C(=O)OC1COC1)[C@@H](O)[C@@H](O)c1ccc2c(N)ncnn12. The maximum atomic E-state index is 11.9. The molecular formula is C19H26N6O7. The van der Waals surface area contributed by atoms with Gasteiger partial charge in [0.25, 0.3) is 0 Å². The zero-order valence-corrected chi connectivity index (χ0v) is 17.7. The minimum atomic E-state index is -1.91. The molecule has 1 saturated heterocycles. The van der Waals surface area contributed by atoms with Gasteiger partial charge in [0.05, 0.1) is 32.2 Å². The van der Waals surface area contributed by atoms with E-state index in [4.69, 9.17) is 24.7 Å². The molecule has 3 heterocycles. The molecule has 2 aromatic rings. The molecule has 2 aromatic heterocycles. The molecule has 0 saturated carbocycles. The van der Waals surface area contributed by atoms with Crippen LogP contribution in [-0.4, -0.2) is 88.3 Å². The fourth-order valence-electron chi connectivity index (χ4n) is 3.04. The van der Waals surface area contributed by atoms with Crippen molar-refractivity contribution in [3.63, 3.8) is 0 Å². The monoisotopic (exact) mass is 450 g/mol. The van der Waals surface area contributed by atoms with E-state index >= 15 is 0 Å². The summed E-state index contributed by atoms with van der Waals surface area (Å²) in [5, 5.41) is 38.1. The van der Waals surface area contributed by atoms with Gasteiger partial charge in [0.2, 0.25) is 5.60 Å². The summed E-state index contributed by atoms with van der Waals surface area (Å²) in [7, 11) is 1.22. The summed E-state index contributed by atoms with van der Waals surface area (Å²) < 4.78 is 22.1. The highest BCUT2D eigenvalue weighted by atomic mass is 16.6. The third kappa shape index (κ3) is 4.80. The lowest BCUT2D eigenvalue weighted by molar-refractivity contribution is -0.175. The first-order valence-corrected chi connectivity index (χ1v) is 9.83. The molecule has 13 nitrogen and oxygen atoms in total. The lowest BCUT2D eigenvalue weighted by Crippen LogP contribution is -2.51. The molecule has 3 rings (SSSR count). The van der Waals surface area contributed by atoms with Gasteiger partial charge in [-0.25, -0.2) is 9.50 Å². The summed E-state index contributed by atoms with van der Waals surface area (Å²) >= 11 is 0. The number of methoxy groups -OCH3 is 1. The fraction of sp³-hybridized carbons (Fsp3) is 0.579. The molecule has 0 aromatic carbocycles. The van der Waals surface area contributed by atoms with Crippen molar-refractivity contribution in [3.8, 4) is 6.07 Å². The number of nitriles is 1. The molecule has 0 bridgehead atoms. The first kappa shape index (κ1) is 23.8. The number of aliphatic hydroxyl groups is 2. The molecule has 0 amide bonds. The van der Waals surface area contributed by atoms with Crippen LogP contribution in [0.1, 0.15) is 18.7 Å². The Labute approximate surface area is 183 Å². The van der Waals surface area contributed by atoms with Crippen LogP contribution in [0, 0.1) is 11.3 Å². The number of carbonyl (C=O) groups excluding carboxylic acids is 1. The van der Waals surface area contributed by atoms with Crippen molar-refractivity contribution in [3.05, 3.63) is 24.2 Å². The Hall–Kier alpha value is -2.86. The number of ether oxygens (including phenoxy) is 4. The lowest BCUT2D eigenvalue weighted by atomic mass is 9.93. The van der Waals surface area contributed by atoms with E-state index in [1.807, 2.05) is 6.07 Å². The molecule has 1 aliphatic rings. The van der Waals surface area contributed by atoms with Gasteiger partial charge in [-0.3, -0.25) is 10.1 Å². The Morgan fingerprint density at radius 3 is 2.88 bits per heavy atom. The second-order valence-electron chi connectivity index (χ2n) is 7.31. The van der Waals surface area contributed by atoms with Crippen molar-refractivity contribution >= 4 is 17.3 Å². The molecule has 1 unspecified atom stereocenters. The number of hydrogen-bond acceptors (Lipinski definition) is 12. The molecule has 1 aliphatic heterocycles. The smallest absolute Gasteiger partial charge is 0.323 e. The highest BCUT2D eigenvalue weighted by Gasteiger charge is 2.44. The topological polar surface area (TPSA) is 186 Å². The molecule has 13 heteroatoms. The molecule has 174 valence electrons. The highest BCUT2D eigenvalue weighted by Crippen LogP contribution is 2.29. The fourth-order valence-corrected chi connectivity index (χ4v) is 3.04. The maximum absolute atomic E-state index is 11.9. The van der Waals surface area contributed by atoms with Gasteiger partial charge < -0.3 is 34.9 Å². The number of hydrogen-bond donors (Lipinski definition) is 4. The molecular weight excluding hydrogens is 424 g/mol. The Kier molecular flexibility index (Phi) is 7.56. The second kappa shape index (κ2) is 10.2. The molecule has 1 fully saturated rings. The molecule has 0 spiro atoms. The number of carbonyl (C=O) groups is 1. The van der Waals surface area contributed by atoms with E-state index in [9.17, 15) is 20.3 Å². The number of nitrogens with one attached hydrogen (secondary N) is 1. The lowest BCUT2D eigenvalue weighted by Gasteiger charge is -2.32. The zero-order chi connectivity index (χ0) is 23.3. The van der Waals surface area contributed by atoms with Crippen LogP contribution in [0.3, 0.4) is 0 Å². The predicted octanol–water partition coefficient (Wildman–Crippen LogP) is -1.49. The van der Waals surface area contributed by atoms with Gasteiger partial charge in [-0.1, -0.05) is 0 Å². The molecule has 4 atom stereocenters. The van der Waals surface area contributed by atoms with Gasteiger partial charge in [-0.2, -0.15) is 10.4 Å². The standard InChI is InChI=1S/C19H26N6O7/c1-11(18(28)32-12-5-30-6-12)23-10-31-8-19(7-20,29-2)16(27)15(26)13-3-4-14-17(21)22-9-24-25(13)14/h3-4,9,11-12,15-16,23,26-27H,5-6,8,10H2,1-2H3,(H2,21,22,24)/t11-,15-,16-,19?/m0/s1. The van der Waals surface area contributed by atoms with Crippen LogP contribution in [0.25, 0.3) is 5.52 Å². The van der Waals surface area contributed by atoms with E-state index in [0.717, 1.165) is 0 Å². The largest absolute Gasteiger partial charge is 0.456 e. The van der Waals surface area contributed by atoms with E-state index in [1.54, 1.807) is 13.0 Å². The van der Waals surface area contributed by atoms with Gasteiger partial charge in [0.1, 0.15) is 42.3 Å². The number of rotatable bonds is 11. The zero-order valence-electron chi connectivity index (χ0n) is 17.7. The number of nitrogens with zero attached hydrogens (tertiary/aromatic N) is 4. The van der Waals surface area contributed by atoms with E-state index < -0.39 is 36.4 Å². The van der Waals surface area contributed by atoms with Crippen LogP contribution in [0.4, 0.5) is 5.82 Å². The van der Waals surface area contributed by atoms with Crippen molar-refractivity contribution < 1.29 is 34.0 Å². The number of anilines is 1. The summed E-state index contributed by atoms with van der Waals surface area (Å²) in [6, 6.07) is 4.29. The van der Waals surface area contributed by atoms with Crippen molar-refractivity contribution in [2.24, 2.45) is 0 Å². The molecule has 5 N–H and O–H groups in total. The summed E-state index contributed by atoms with van der Waals surface area (Å²) in [5.41, 5.74) is 4.50. The summed E-state index contributed by atoms with van der Waals surface area (Å²) in [6.07, 6.45) is -2.29. The van der Waals surface area contributed by atoms with E-state index in [2.05, 4.69) is 15.4 Å². The first-order chi connectivity index (χ1) is 15.3. The first-order valence-electron chi connectivity index (χ1n) is 9.83. The van der Waals surface area contributed by atoms with Crippen molar-refractivity contribution in [1.82, 2.24) is 19.9 Å².